The Kier molecular flexibility index (Phi) is 3.69. The Hall–Kier alpha value is -3.54. The predicted octanol–water partition coefficient (Wildman–Crippen LogP) is 3.02. The van der Waals surface area contributed by atoms with Crippen molar-refractivity contribution >= 4 is 12.2 Å². The van der Waals surface area contributed by atoms with Gasteiger partial charge in [0, 0.05) is 5.56 Å². The van der Waals surface area contributed by atoms with E-state index in [1.807, 2.05) is 42.6 Å². The summed E-state index contributed by atoms with van der Waals surface area (Å²) in [5.74, 6) is 0. The zero-order valence-corrected chi connectivity index (χ0v) is 12.8. The van der Waals surface area contributed by atoms with Crippen molar-refractivity contribution in [2.75, 3.05) is 0 Å². The smallest absolute Gasteiger partial charge is 0.0993 e. The van der Waals surface area contributed by atoms with E-state index < -0.39 is 0 Å². The quantitative estimate of drug-likeness (QED) is 0.543. The molecule has 116 valence electrons. The summed E-state index contributed by atoms with van der Waals surface area (Å²) in [5.41, 5.74) is 3.92. The van der Waals surface area contributed by atoms with Crippen molar-refractivity contribution in [1.29, 1.82) is 0 Å². The molecule has 0 spiro atoms. The van der Waals surface area contributed by atoms with Crippen molar-refractivity contribution in [2.45, 2.75) is 0 Å². The third kappa shape index (κ3) is 2.72. The van der Waals surface area contributed by atoms with Gasteiger partial charge in [-0.05, 0) is 11.6 Å². The zero-order chi connectivity index (χ0) is 16.2. The number of nitrogens with zero attached hydrogens (tertiary/aromatic N) is 6. The highest BCUT2D eigenvalue weighted by Gasteiger charge is 2.12. The number of hydrogen-bond donors (Lipinski definition) is 0. The van der Waals surface area contributed by atoms with Gasteiger partial charge in [0.05, 0.1) is 36.2 Å². The summed E-state index contributed by atoms with van der Waals surface area (Å²) in [6, 6.07) is 16.2. The van der Waals surface area contributed by atoms with Crippen molar-refractivity contribution in [3.63, 3.8) is 0 Å². The largest absolute Gasteiger partial charge is 0.219 e. The monoisotopic (exact) mass is 314 g/mol. The van der Waals surface area contributed by atoms with Crippen LogP contribution in [-0.4, -0.2) is 30.0 Å². The lowest BCUT2D eigenvalue weighted by molar-refractivity contribution is 0.760. The molecule has 4 rings (SSSR count). The van der Waals surface area contributed by atoms with Crippen LogP contribution in [-0.2, 0) is 0 Å². The number of rotatable bonds is 4. The second-order valence-electron chi connectivity index (χ2n) is 5.15. The lowest BCUT2D eigenvalue weighted by Gasteiger charge is -2.12. The molecule has 0 radical (unpaired) electrons. The fourth-order valence-electron chi connectivity index (χ4n) is 2.53. The third-order valence-corrected chi connectivity index (χ3v) is 3.62. The van der Waals surface area contributed by atoms with Crippen LogP contribution in [0.5, 0.6) is 0 Å². The molecule has 0 fully saturated rings. The van der Waals surface area contributed by atoms with Gasteiger partial charge < -0.3 is 0 Å². The topological polar surface area (TPSA) is 61.4 Å². The Morgan fingerprint density at radius 3 is 2.17 bits per heavy atom. The van der Waals surface area contributed by atoms with Crippen LogP contribution in [0.2, 0.25) is 0 Å². The van der Waals surface area contributed by atoms with Gasteiger partial charge in [0.1, 0.15) is 0 Å². The molecule has 2 heterocycles. The Morgan fingerprint density at radius 1 is 0.708 bits per heavy atom. The Labute approximate surface area is 138 Å². The van der Waals surface area contributed by atoms with E-state index in [-0.39, 0.29) is 0 Å². The first-order valence-corrected chi connectivity index (χ1v) is 7.51. The molecule has 0 atom stereocenters. The minimum Gasteiger partial charge on any atom is -0.219 e. The lowest BCUT2D eigenvalue weighted by atomic mass is 10.1. The van der Waals surface area contributed by atoms with E-state index in [4.69, 9.17) is 0 Å². The molecule has 0 aliphatic carbocycles. The SMILES string of the molecule is C(=Cc1cccc(-n2ccnn2)c1-n1ccnn1)c1ccccc1. The van der Waals surface area contributed by atoms with Gasteiger partial charge in [0.25, 0.3) is 0 Å². The highest BCUT2D eigenvalue weighted by molar-refractivity contribution is 5.76. The molecule has 6 nitrogen and oxygen atoms in total. The van der Waals surface area contributed by atoms with Crippen LogP contribution < -0.4 is 0 Å². The molecule has 0 amide bonds. The summed E-state index contributed by atoms with van der Waals surface area (Å²) in [6.07, 6.45) is 11.1. The van der Waals surface area contributed by atoms with E-state index >= 15 is 0 Å². The minimum absolute atomic E-state index is 0.883. The number of aromatic nitrogens is 6. The summed E-state index contributed by atoms with van der Waals surface area (Å²) in [6.45, 7) is 0. The minimum atomic E-state index is 0.883. The van der Waals surface area contributed by atoms with Gasteiger partial charge in [-0.25, -0.2) is 9.36 Å². The van der Waals surface area contributed by atoms with Crippen LogP contribution in [0.4, 0.5) is 0 Å². The third-order valence-electron chi connectivity index (χ3n) is 3.62. The van der Waals surface area contributed by atoms with Gasteiger partial charge in [-0.2, -0.15) is 0 Å². The number of hydrogen-bond acceptors (Lipinski definition) is 4. The average Bonchev–Trinajstić information content (AvgIpc) is 3.34. The van der Waals surface area contributed by atoms with Crippen molar-refractivity contribution in [2.24, 2.45) is 0 Å². The Balaban J connectivity index is 1.85. The molecule has 2 aromatic heterocycles. The summed E-state index contributed by atoms with van der Waals surface area (Å²) in [7, 11) is 0. The summed E-state index contributed by atoms with van der Waals surface area (Å²) in [5, 5.41) is 16.1. The zero-order valence-electron chi connectivity index (χ0n) is 12.8. The number of para-hydroxylation sites is 1. The van der Waals surface area contributed by atoms with Gasteiger partial charge in [-0.3, -0.25) is 0 Å². The van der Waals surface area contributed by atoms with Gasteiger partial charge in [-0.1, -0.05) is 65.0 Å². The standard InChI is InChI=1S/C18H14N6/c1-2-5-15(6-3-1)9-10-16-7-4-8-17(23-13-11-19-21-23)18(16)24-14-12-20-22-24/h1-14H. The van der Waals surface area contributed by atoms with Gasteiger partial charge in [-0.15, -0.1) is 10.2 Å². The molecule has 0 saturated heterocycles. The van der Waals surface area contributed by atoms with Gasteiger partial charge >= 0.3 is 0 Å². The van der Waals surface area contributed by atoms with Gasteiger partial charge in [0.15, 0.2) is 0 Å². The molecule has 0 aliphatic rings. The van der Waals surface area contributed by atoms with Crippen molar-refractivity contribution in [3.05, 3.63) is 84.4 Å². The van der Waals surface area contributed by atoms with E-state index in [9.17, 15) is 0 Å². The maximum absolute atomic E-state index is 4.14. The summed E-state index contributed by atoms with van der Waals surface area (Å²) in [4.78, 5) is 0. The summed E-state index contributed by atoms with van der Waals surface area (Å²) >= 11 is 0. The molecule has 0 saturated carbocycles. The molecule has 2 aromatic carbocycles. The first-order valence-electron chi connectivity index (χ1n) is 7.51. The number of benzene rings is 2. The lowest BCUT2D eigenvalue weighted by Crippen LogP contribution is -2.06. The predicted molar refractivity (Wildman–Crippen MR) is 91.6 cm³/mol. The molecule has 6 heteroatoms. The molecule has 24 heavy (non-hydrogen) atoms. The maximum atomic E-state index is 4.14. The second kappa shape index (κ2) is 6.29. The first kappa shape index (κ1) is 14.1. The van der Waals surface area contributed by atoms with Crippen LogP contribution in [0.1, 0.15) is 11.1 Å². The van der Waals surface area contributed by atoms with Crippen molar-refractivity contribution in [3.8, 4) is 11.4 Å². The maximum Gasteiger partial charge on any atom is 0.0993 e. The Bertz CT molecular complexity index is 941. The molecule has 4 aromatic rings. The highest BCUT2D eigenvalue weighted by atomic mass is 15.4. The molecule has 0 unspecified atom stereocenters. The van der Waals surface area contributed by atoms with Crippen LogP contribution >= 0.6 is 0 Å². The normalized spacial score (nSPS) is 11.2. The first-order chi connectivity index (χ1) is 11.9. The van der Waals surface area contributed by atoms with Gasteiger partial charge in [0.2, 0.25) is 0 Å². The fraction of sp³-hybridized carbons (Fsp3) is 0. The van der Waals surface area contributed by atoms with Crippen molar-refractivity contribution in [1.82, 2.24) is 30.0 Å². The summed E-state index contributed by atoms with van der Waals surface area (Å²) < 4.78 is 3.46. The van der Waals surface area contributed by atoms with E-state index in [1.165, 1.54) is 0 Å². The highest BCUT2D eigenvalue weighted by Crippen LogP contribution is 2.24. The average molecular weight is 314 g/mol. The molecule has 0 aliphatic heterocycles. The van der Waals surface area contributed by atoms with Crippen LogP contribution in [0.15, 0.2) is 73.3 Å². The molecular weight excluding hydrogens is 300 g/mol. The van der Waals surface area contributed by atoms with Crippen LogP contribution in [0.3, 0.4) is 0 Å². The van der Waals surface area contributed by atoms with E-state index in [2.05, 4.69) is 44.9 Å². The van der Waals surface area contributed by atoms with Crippen LogP contribution in [0, 0.1) is 0 Å². The molecule has 0 bridgehead atoms. The van der Waals surface area contributed by atoms with E-state index in [1.54, 1.807) is 28.0 Å². The Morgan fingerprint density at radius 2 is 1.46 bits per heavy atom. The second-order valence-corrected chi connectivity index (χ2v) is 5.15. The fourth-order valence-corrected chi connectivity index (χ4v) is 2.53. The van der Waals surface area contributed by atoms with Crippen molar-refractivity contribution < 1.29 is 0 Å². The van der Waals surface area contributed by atoms with E-state index in [0.29, 0.717) is 0 Å². The van der Waals surface area contributed by atoms with Crippen LogP contribution in [0.25, 0.3) is 23.5 Å². The van der Waals surface area contributed by atoms with E-state index in [0.717, 1.165) is 22.5 Å². The molecule has 0 N–H and O–H groups in total. The molecular formula is C18H14N6.